The van der Waals surface area contributed by atoms with Crippen LogP contribution in [-0.4, -0.2) is 25.9 Å². The number of rotatable bonds is 4. The predicted octanol–water partition coefficient (Wildman–Crippen LogP) is 3.64. The summed E-state index contributed by atoms with van der Waals surface area (Å²) in [5, 5.41) is 7.53. The van der Waals surface area contributed by atoms with Crippen LogP contribution >= 0.6 is 23.4 Å². The third kappa shape index (κ3) is 3.35. The summed E-state index contributed by atoms with van der Waals surface area (Å²) in [6, 6.07) is 7.22. The summed E-state index contributed by atoms with van der Waals surface area (Å²) in [5.41, 5.74) is 1.78. The second-order valence-corrected chi connectivity index (χ2v) is 6.90. The number of imidazole rings is 1. The Morgan fingerprint density at radius 2 is 2.22 bits per heavy atom. The first-order valence-corrected chi connectivity index (χ1v) is 8.22. The number of hydrogen-bond acceptors (Lipinski definition) is 5. The molecule has 2 aromatic heterocycles. The van der Waals surface area contributed by atoms with E-state index in [0.29, 0.717) is 16.6 Å². The lowest BCUT2D eigenvalue weighted by Gasteiger charge is -2.09. The van der Waals surface area contributed by atoms with Crippen LogP contribution in [0.1, 0.15) is 12.7 Å². The summed E-state index contributed by atoms with van der Waals surface area (Å²) in [7, 11) is 1.91. The molecule has 2 heterocycles. The quantitative estimate of drug-likeness (QED) is 0.727. The van der Waals surface area contributed by atoms with E-state index in [9.17, 15) is 4.79 Å². The molecule has 6 nitrogen and oxygen atoms in total. The molecule has 0 unspecified atom stereocenters. The summed E-state index contributed by atoms with van der Waals surface area (Å²) in [4.78, 5) is 16.8. The zero-order valence-corrected chi connectivity index (χ0v) is 14.4. The first-order valence-electron chi connectivity index (χ1n) is 6.97. The topological polar surface area (TPSA) is 73.0 Å². The van der Waals surface area contributed by atoms with Crippen molar-refractivity contribution in [1.82, 2.24) is 14.7 Å². The Morgan fingerprint density at radius 3 is 2.91 bits per heavy atom. The van der Waals surface area contributed by atoms with Crippen molar-refractivity contribution in [2.75, 3.05) is 5.32 Å². The van der Waals surface area contributed by atoms with Gasteiger partial charge in [0.25, 0.3) is 0 Å². The Hall–Kier alpha value is -1.99. The van der Waals surface area contributed by atoms with E-state index in [2.05, 4.69) is 15.5 Å². The minimum absolute atomic E-state index is 0.159. The van der Waals surface area contributed by atoms with Gasteiger partial charge < -0.3 is 14.4 Å². The number of aromatic nitrogens is 3. The number of carbonyl (C=O) groups excluding carboxylic acids is 1. The van der Waals surface area contributed by atoms with Gasteiger partial charge in [-0.1, -0.05) is 28.5 Å². The second kappa shape index (κ2) is 6.25. The van der Waals surface area contributed by atoms with Crippen molar-refractivity contribution in [3.05, 3.63) is 35.0 Å². The predicted molar refractivity (Wildman–Crippen MR) is 90.9 cm³/mol. The van der Waals surface area contributed by atoms with Gasteiger partial charge in [-0.05, 0) is 32.0 Å². The molecule has 1 aromatic carbocycles. The number of fused-ring (bicyclic) bond motifs is 1. The molecule has 120 valence electrons. The Balaban J connectivity index is 1.75. The molecule has 23 heavy (non-hydrogen) atoms. The summed E-state index contributed by atoms with van der Waals surface area (Å²) in [5.74, 6) is 0.901. The van der Waals surface area contributed by atoms with Gasteiger partial charge in [-0.15, -0.1) is 0 Å². The number of nitrogens with one attached hydrogen (secondary N) is 1. The Bertz CT molecular complexity index is 874. The van der Waals surface area contributed by atoms with Crippen molar-refractivity contribution in [2.45, 2.75) is 24.3 Å². The van der Waals surface area contributed by atoms with Crippen LogP contribution in [0, 0.1) is 6.92 Å². The molecule has 0 fully saturated rings. The molecule has 3 rings (SSSR count). The summed E-state index contributed by atoms with van der Waals surface area (Å²) in [6.07, 6.45) is 0. The number of thioether (sulfide) groups is 1. The van der Waals surface area contributed by atoms with Crippen molar-refractivity contribution in [1.29, 1.82) is 0 Å². The van der Waals surface area contributed by atoms with Gasteiger partial charge in [-0.25, -0.2) is 4.98 Å². The minimum atomic E-state index is -0.335. The van der Waals surface area contributed by atoms with E-state index in [1.807, 2.05) is 36.7 Å². The van der Waals surface area contributed by atoms with Crippen LogP contribution in [0.5, 0.6) is 0 Å². The molecular formula is C15H15ClN4O2S. The van der Waals surface area contributed by atoms with Crippen LogP contribution in [-0.2, 0) is 11.8 Å². The van der Waals surface area contributed by atoms with Crippen LogP contribution in [0.4, 0.5) is 5.82 Å². The second-order valence-electron chi connectivity index (χ2n) is 5.16. The van der Waals surface area contributed by atoms with Crippen LogP contribution in [0.3, 0.4) is 0 Å². The van der Waals surface area contributed by atoms with Gasteiger partial charge in [-0.3, -0.25) is 4.79 Å². The van der Waals surface area contributed by atoms with E-state index in [-0.39, 0.29) is 11.2 Å². The van der Waals surface area contributed by atoms with E-state index >= 15 is 0 Å². The fourth-order valence-corrected chi connectivity index (χ4v) is 3.18. The van der Waals surface area contributed by atoms with Gasteiger partial charge in [0.15, 0.2) is 11.0 Å². The first-order chi connectivity index (χ1) is 10.9. The molecular weight excluding hydrogens is 336 g/mol. The molecule has 0 spiro atoms. The van der Waals surface area contributed by atoms with Crippen LogP contribution in [0.15, 0.2) is 33.9 Å². The Labute approximate surface area is 142 Å². The third-order valence-corrected chi connectivity index (χ3v) is 4.71. The highest BCUT2D eigenvalue weighted by molar-refractivity contribution is 8.00. The minimum Gasteiger partial charge on any atom is -0.360 e. The smallest absolute Gasteiger partial charge is 0.238 e. The molecule has 0 aliphatic carbocycles. The lowest BCUT2D eigenvalue weighted by Crippen LogP contribution is -2.22. The maximum Gasteiger partial charge on any atom is 0.238 e. The van der Waals surface area contributed by atoms with E-state index < -0.39 is 0 Å². The molecule has 1 amide bonds. The molecule has 0 saturated carbocycles. The molecule has 0 saturated heterocycles. The number of carbonyl (C=O) groups is 1. The maximum atomic E-state index is 12.2. The number of hydrogen-bond donors (Lipinski definition) is 1. The molecule has 8 heteroatoms. The van der Waals surface area contributed by atoms with Gasteiger partial charge in [0.05, 0.1) is 16.3 Å². The zero-order chi connectivity index (χ0) is 16.6. The molecule has 0 radical (unpaired) electrons. The first kappa shape index (κ1) is 15.9. The summed E-state index contributed by atoms with van der Waals surface area (Å²) >= 11 is 7.37. The van der Waals surface area contributed by atoms with Gasteiger partial charge in [0, 0.05) is 18.1 Å². The Kier molecular flexibility index (Phi) is 4.32. The lowest BCUT2D eigenvalue weighted by molar-refractivity contribution is -0.115. The fourth-order valence-electron chi connectivity index (χ4n) is 2.12. The summed E-state index contributed by atoms with van der Waals surface area (Å²) < 4.78 is 6.88. The highest BCUT2D eigenvalue weighted by Gasteiger charge is 2.19. The van der Waals surface area contributed by atoms with Crippen molar-refractivity contribution < 1.29 is 9.32 Å². The monoisotopic (exact) mass is 350 g/mol. The number of amides is 1. The van der Waals surface area contributed by atoms with Crippen molar-refractivity contribution in [3.63, 3.8) is 0 Å². The van der Waals surface area contributed by atoms with Gasteiger partial charge in [0.2, 0.25) is 5.91 Å². The fraction of sp³-hybridized carbons (Fsp3) is 0.267. The number of anilines is 1. The molecule has 1 atom stereocenters. The molecule has 0 aliphatic rings. The van der Waals surface area contributed by atoms with Crippen molar-refractivity contribution in [3.8, 4) is 0 Å². The SMILES string of the molecule is Cc1cc(NC(=O)[C@H](C)Sc2nc3cc(Cl)ccc3n2C)no1. The highest BCUT2D eigenvalue weighted by atomic mass is 35.5. The molecule has 1 N–H and O–H groups in total. The largest absolute Gasteiger partial charge is 0.360 e. The van der Waals surface area contributed by atoms with E-state index in [1.54, 1.807) is 13.0 Å². The van der Waals surface area contributed by atoms with Gasteiger partial charge >= 0.3 is 0 Å². The lowest BCUT2D eigenvalue weighted by atomic mass is 10.3. The van der Waals surface area contributed by atoms with E-state index in [4.69, 9.17) is 16.1 Å². The van der Waals surface area contributed by atoms with E-state index in [0.717, 1.165) is 16.2 Å². The summed E-state index contributed by atoms with van der Waals surface area (Å²) in [6.45, 7) is 3.59. The number of benzene rings is 1. The van der Waals surface area contributed by atoms with Crippen LogP contribution in [0.25, 0.3) is 11.0 Å². The zero-order valence-electron chi connectivity index (χ0n) is 12.8. The maximum absolute atomic E-state index is 12.2. The molecule has 3 aromatic rings. The number of aryl methyl sites for hydroxylation is 2. The highest BCUT2D eigenvalue weighted by Crippen LogP contribution is 2.28. The third-order valence-electron chi connectivity index (χ3n) is 3.33. The van der Waals surface area contributed by atoms with E-state index in [1.165, 1.54) is 11.8 Å². The number of nitrogens with zero attached hydrogens (tertiary/aromatic N) is 3. The van der Waals surface area contributed by atoms with Gasteiger partial charge in [-0.2, -0.15) is 0 Å². The van der Waals surface area contributed by atoms with Crippen molar-refractivity contribution in [2.24, 2.45) is 7.05 Å². The van der Waals surface area contributed by atoms with Gasteiger partial charge in [0.1, 0.15) is 5.76 Å². The average Bonchev–Trinajstić information content (AvgIpc) is 3.03. The van der Waals surface area contributed by atoms with Crippen molar-refractivity contribution >= 4 is 46.1 Å². The Morgan fingerprint density at radius 1 is 1.43 bits per heavy atom. The molecule has 0 aliphatic heterocycles. The normalized spacial score (nSPS) is 12.5. The average molecular weight is 351 g/mol. The molecule has 0 bridgehead atoms. The number of halogens is 1. The van der Waals surface area contributed by atoms with Crippen LogP contribution < -0.4 is 5.32 Å². The standard InChI is InChI=1S/C15H15ClN4O2S/c1-8-6-13(19-22-8)18-14(21)9(2)23-15-17-11-7-10(16)4-5-12(11)20(15)3/h4-7,9H,1-3H3,(H,18,19,21)/t9-/m0/s1. The van der Waals surface area contributed by atoms with Crippen LogP contribution in [0.2, 0.25) is 5.02 Å².